The van der Waals surface area contributed by atoms with E-state index in [9.17, 15) is 23.9 Å². The molecule has 2 amide bonds. The van der Waals surface area contributed by atoms with Crippen LogP contribution in [-0.2, 0) is 13.0 Å². The second-order valence-electron chi connectivity index (χ2n) is 9.40. The molecule has 0 aliphatic heterocycles. The number of halogens is 1. The van der Waals surface area contributed by atoms with Gasteiger partial charge in [-0.15, -0.1) is 0 Å². The van der Waals surface area contributed by atoms with Crippen molar-refractivity contribution in [1.29, 1.82) is 0 Å². The third-order valence-electron chi connectivity index (χ3n) is 7.08. The number of rotatable bonds is 6. The lowest BCUT2D eigenvalue weighted by molar-refractivity contribution is 0.0695. The van der Waals surface area contributed by atoms with E-state index in [0.717, 1.165) is 38.3 Å². The first-order chi connectivity index (χ1) is 18.8. The van der Waals surface area contributed by atoms with E-state index in [-0.39, 0.29) is 35.2 Å². The summed E-state index contributed by atoms with van der Waals surface area (Å²) in [6.45, 7) is 1.94. The number of H-pyrrole nitrogens is 1. The molecule has 11 nitrogen and oxygen atoms in total. The van der Waals surface area contributed by atoms with Crippen LogP contribution in [0, 0.1) is 12.7 Å². The number of carboxylic acids is 1. The predicted octanol–water partition coefficient (Wildman–Crippen LogP) is 3.10. The largest absolute Gasteiger partial charge is 0.478 e. The Kier molecular flexibility index (Phi) is 5.78. The van der Waals surface area contributed by atoms with Gasteiger partial charge in [0.25, 0.3) is 11.8 Å². The van der Waals surface area contributed by atoms with Crippen molar-refractivity contribution in [3.8, 4) is 0 Å². The average Bonchev–Trinajstić information content (AvgIpc) is 3.65. The fourth-order valence-corrected chi connectivity index (χ4v) is 5.08. The number of amides is 2. The molecule has 0 saturated heterocycles. The number of carbonyl (C=O) groups is 3. The fraction of sp³-hybridized carbons (Fsp3) is 0.185. The lowest BCUT2D eigenvalue weighted by Crippen LogP contribution is -2.30. The van der Waals surface area contributed by atoms with Gasteiger partial charge in [-0.25, -0.2) is 18.7 Å². The van der Waals surface area contributed by atoms with Crippen molar-refractivity contribution in [1.82, 2.24) is 35.4 Å². The highest BCUT2D eigenvalue weighted by Gasteiger charge is 2.29. The molecule has 0 unspecified atom stereocenters. The molecular formula is C27H22FN7O4. The number of hydrogen-bond donors (Lipinski definition) is 4. The molecule has 12 heteroatoms. The first kappa shape index (κ1) is 24.2. The minimum Gasteiger partial charge on any atom is -0.478 e. The van der Waals surface area contributed by atoms with Gasteiger partial charge in [0.2, 0.25) is 0 Å². The van der Waals surface area contributed by atoms with E-state index >= 15 is 0 Å². The number of nitrogens with zero attached hydrogens (tertiary/aromatic N) is 4. The normalized spacial score (nSPS) is 14.5. The predicted molar refractivity (Wildman–Crippen MR) is 137 cm³/mol. The molecule has 1 aliphatic rings. The number of nitrogens with one attached hydrogen (secondary N) is 3. The summed E-state index contributed by atoms with van der Waals surface area (Å²) in [5, 5.41) is 26.8. The molecule has 0 bridgehead atoms. The summed E-state index contributed by atoms with van der Waals surface area (Å²) < 4.78 is 15.5. The SMILES string of the molecule is Cc1c(C(=O)O)ccc2c1CC[C@@H]2NC(=O)c1cc(C(=O)NCc2ccc3[nH]ncc3c2)nc2c(F)cnn12. The van der Waals surface area contributed by atoms with Gasteiger partial charge in [0.15, 0.2) is 11.5 Å². The van der Waals surface area contributed by atoms with Crippen LogP contribution in [0.1, 0.15) is 66.1 Å². The lowest BCUT2D eigenvalue weighted by Gasteiger charge is -2.16. The number of aromatic nitrogens is 5. The van der Waals surface area contributed by atoms with Gasteiger partial charge in [0.1, 0.15) is 11.4 Å². The number of aromatic carboxylic acids is 1. The van der Waals surface area contributed by atoms with E-state index in [1.54, 1.807) is 19.2 Å². The Hall–Kier alpha value is -5.13. The first-order valence-corrected chi connectivity index (χ1v) is 12.2. The maximum atomic E-state index is 14.5. The second kappa shape index (κ2) is 9.31. The highest BCUT2D eigenvalue weighted by atomic mass is 19.1. The van der Waals surface area contributed by atoms with Crippen LogP contribution in [0.5, 0.6) is 0 Å². The molecule has 3 aromatic heterocycles. The van der Waals surface area contributed by atoms with Crippen LogP contribution in [-0.4, -0.2) is 47.7 Å². The third-order valence-corrected chi connectivity index (χ3v) is 7.08. The van der Waals surface area contributed by atoms with Crippen molar-refractivity contribution >= 4 is 34.3 Å². The molecule has 196 valence electrons. The zero-order valence-electron chi connectivity index (χ0n) is 20.7. The molecule has 1 atom stereocenters. The van der Waals surface area contributed by atoms with E-state index in [4.69, 9.17) is 0 Å². The van der Waals surface area contributed by atoms with Crippen molar-refractivity contribution in [3.05, 3.63) is 93.8 Å². The van der Waals surface area contributed by atoms with E-state index in [2.05, 4.69) is 30.9 Å². The molecular weight excluding hydrogens is 505 g/mol. The zero-order valence-corrected chi connectivity index (χ0v) is 20.7. The van der Waals surface area contributed by atoms with Crippen molar-refractivity contribution in [2.24, 2.45) is 0 Å². The average molecular weight is 528 g/mol. The van der Waals surface area contributed by atoms with Gasteiger partial charge in [0.05, 0.1) is 29.5 Å². The van der Waals surface area contributed by atoms with Crippen LogP contribution < -0.4 is 10.6 Å². The molecule has 0 radical (unpaired) electrons. The molecule has 6 rings (SSSR count). The minimum atomic E-state index is -1.00. The number of benzene rings is 2. The summed E-state index contributed by atoms with van der Waals surface area (Å²) in [5.41, 5.74) is 3.87. The standard InChI is InChI=1S/C27H22FN7O4/c1-13-16-5-7-21(18(16)4-3-17(13)27(38)39)33-26(37)23-9-22(32-24-19(28)12-31-35(23)24)25(36)29-10-14-2-6-20-15(8-14)11-30-34-20/h2-4,6,8-9,11-12,21H,5,7,10H2,1H3,(H,29,36)(H,30,34)(H,33,37)(H,38,39)/t21-/m0/s1. The topological polar surface area (TPSA) is 154 Å². The summed E-state index contributed by atoms with van der Waals surface area (Å²) in [6.07, 6.45) is 3.79. The molecule has 0 fully saturated rings. The van der Waals surface area contributed by atoms with Gasteiger partial charge in [-0.05, 0) is 60.2 Å². The van der Waals surface area contributed by atoms with Gasteiger partial charge >= 0.3 is 5.97 Å². The summed E-state index contributed by atoms with van der Waals surface area (Å²) in [5.74, 6) is -2.92. The number of carboxylic acid groups (broad SMARTS) is 1. The Labute approximate surface area is 220 Å². The van der Waals surface area contributed by atoms with Crippen molar-refractivity contribution in [2.45, 2.75) is 32.4 Å². The Balaban J connectivity index is 1.26. The van der Waals surface area contributed by atoms with E-state index < -0.39 is 23.6 Å². The number of carbonyl (C=O) groups excluding carboxylic acids is 2. The van der Waals surface area contributed by atoms with E-state index in [1.165, 1.54) is 12.1 Å². The van der Waals surface area contributed by atoms with Crippen molar-refractivity contribution in [3.63, 3.8) is 0 Å². The summed E-state index contributed by atoms with van der Waals surface area (Å²) in [6, 6.07) is 9.70. The van der Waals surface area contributed by atoms with Gasteiger partial charge in [-0.2, -0.15) is 10.2 Å². The third kappa shape index (κ3) is 4.25. The van der Waals surface area contributed by atoms with Crippen molar-refractivity contribution in [2.75, 3.05) is 0 Å². The Bertz CT molecular complexity index is 1810. The maximum Gasteiger partial charge on any atom is 0.335 e. The fourth-order valence-electron chi connectivity index (χ4n) is 5.08. The summed E-state index contributed by atoms with van der Waals surface area (Å²) in [4.78, 5) is 42.0. The van der Waals surface area contributed by atoms with Crippen LogP contribution >= 0.6 is 0 Å². The van der Waals surface area contributed by atoms with Gasteiger partial charge in [-0.1, -0.05) is 12.1 Å². The second-order valence-corrected chi connectivity index (χ2v) is 9.40. The molecule has 5 aromatic rings. The number of fused-ring (bicyclic) bond motifs is 3. The van der Waals surface area contributed by atoms with Crippen LogP contribution in [0.2, 0.25) is 0 Å². The lowest BCUT2D eigenvalue weighted by atomic mass is 9.98. The van der Waals surface area contributed by atoms with Gasteiger partial charge < -0.3 is 15.7 Å². The maximum absolute atomic E-state index is 14.5. The Morgan fingerprint density at radius 3 is 2.82 bits per heavy atom. The van der Waals surface area contributed by atoms with E-state index in [1.807, 2.05) is 18.2 Å². The summed E-state index contributed by atoms with van der Waals surface area (Å²) in [7, 11) is 0. The molecule has 0 saturated carbocycles. The molecule has 1 aliphatic carbocycles. The smallest absolute Gasteiger partial charge is 0.335 e. The highest BCUT2D eigenvalue weighted by molar-refractivity contribution is 5.98. The van der Waals surface area contributed by atoms with Crippen LogP contribution in [0.3, 0.4) is 0 Å². The Morgan fingerprint density at radius 1 is 1.15 bits per heavy atom. The molecule has 3 heterocycles. The van der Waals surface area contributed by atoms with Crippen LogP contribution in [0.15, 0.2) is 48.8 Å². The number of aromatic amines is 1. The van der Waals surface area contributed by atoms with Crippen LogP contribution in [0.25, 0.3) is 16.6 Å². The summed E-state index contributed by atoms with van der Waals surface area (Å²) >= 11 is 0. The van der Waals surface area contributed by atoms with Gasteiger partial charge in [0, 0.05) is 18.0 Å². The minimum absolute atomic E-state index is 0.0544. The Morgan fingerprint density at radius 2 is 2.00 bits per heavy atom. The zero-order chi connectivity index (χ0) is 27.3. The first-order valence-electron chi connectivity index (χ1n) is 12.2. The number of hydrogen-bond acceptors (Lipinski definition) is 6. The molecule has 2 aromatic carbocycles. The van der Waals surface area contributed by atoms with Crippen LogP contribution in [0.4, 0.5) is 4.39 Å². The molecule has 0 spiro atoms. The quantitative estimate of drug-likeness (QED) is 0.265. The molecule has 39 heavy (non-hydrogen) atoms. The van der Waals surface area contributed by atoms with Gasteiger partial charge in [-0.3, -0.25) is 14.7 Å². The molecule has 4 N–H and O–H groups in total. The highest BCUT2D eigenvalue weighted by Crippen LogP contribution is 2.35. The van der Waals surface area contributed by atoms with E-state index in [0.29, 0.717) is 18.4 Å². The van der Waals surface area contributed by atoms with Crippen molar-refractivity contribution < 1.29 is 23.9 Å². The monoisotopic (exact) mass is 527 g/mol.